The minimum Gasteiger partial charge on any atom is -0.491 e. The molecule has 0 aliphatic heterocycles. The van der Waals surface area contributed by atoms with Gasteiger partial charge in [0.25, 0.3) is 0 Å². The second kappa shape index (κ2) is 9.28. The maximum atomic E-state index is 13.0. The first-order chi connectivity index (χ1) is 14.6. The molecule has 1 aliphatic carbocycles. The highest BCUT2D eigenvalue weighted by molar-refractivity contribution is 5.96. The summed E-state index contributed by atoms with van der Waals surface area (Å²) in [5.74, 6) is 0.153. The Morgan fingerprint density at radius 1 is 1.23 bits per heavy atom. The summed E-state index contributed by atoms with van der Waals surface area (Å²) < 4.78 is 44.9. The number of carbonyl (C=O) groups excluding carboxylic acids is 1. The zero-order chi connectivity index (χ0) is 22.6. The van der Waals surface area contributed by atoms with Crippen molar-refractivity contribution >= 4 is 17.6 Å². The van der Waals surface area contributed by atoms with Crippen molar-refractivity contribution in [3.05, 3.63) is 58.7 Å². The average molecular weight is 434 g/mol. The smallest absolute Gasteiger partial charge is 0.416 e. The van der Waals surface area contributed by atoms with Crippen LogP contribution in [-0.4, -0.2) is 18.5 Å². The third kappa shape index (κ3) is 6.13. The number of aryl methyl sites for hydroxylation is 1. The molecule has 31 heavy (non-hydrogen) atoms. The van der Waals surface area contributed by atoms with Crippen molar-refractivity contribution in [2.24, 2.45) is 11.7 Å². The molecule has 0 saturated heterocycles. The second-order valence-corrected chi connectivity index (χ2v) is 7.74. The van der Waals surface area contributed by atoms with Crippen LogP contribution in [0.4, 0.5) is 18.9 Å². The fraction of sp³-hybridized carbons (Fsp3) is 0.364. The molecule has 0 heterocycles. The van der Waals surface area contributed by atoms with Gasteiger partial charge in [-0.3, -0.25) is 10.2 Å². The summed E-state index contributed by atoms with van der Waals surface area (Å²) in [4.78, 5) is 11.5. The zero-order valence-electron chi connectivity index (χ0n) is 17.1. The molecule has 0 radical (unpaired) electrons. The summed E-state index contributed by atoms with van der Waals surface area (Å²) in [6, 6.07) is 8.39. The van der Waals surface area contributed by atoms with Gasteiger partial charge in [0.1, 0.15) is 5.75 Å². The van der Waals surface area contributed by atoms with Gasteiger partial charge in [-0.15, -0.1) is 0 Å². The van der Waals surface area contributed by atoms with Crippen LogP contribution in [0.3, 0.4) is 0 Å². The molecule has 166 valence electrons. The first kappa shape index (κ1) is 22.5. The number of benzene rings is 2. The Bertz CT molecular complexity index is 972. The Hall–Kier alpha value is -3.23. The van der Waals surface area contributed by atoms with Crippen LogP contribution in [0.25, 0.3) is 0 Å². The van der Waals surface area contributed by atoms with Crippen LogP contribution in [0.2, 0.25) is 0 Å². The van der Waals surface area contributed by atoms with Crippen LogP contribution in [0.5, 0.6) is 5.75 Å². The van der Waals surface area contributed by atoms with E-state index in [4.69, 9.17) is 15.9 Å². The average Bonchev–Trinajstić information content (AvgIpc) is 2.65. The van der Waals surface area contributed by atoms with Crippen molar-refractivity contribution in [2.75, 3.05) is 11.9 Å². The maximum Gasteiger partial charge on any atom is 0.416 e. The summed E-state index contributed by atoms with van der Waals surface area (Å²) >= 11 is 0. The van der Waals surface area contributed by atoms with Crippen LogP contribution in [0.15, 0.2) is 36.4 Å². The van der Waals surface area contributed by atoms with E-state index >= 15 is 0 Å². The molecule has 9 heteroatoms. The molecule has 0 atom stereocenters. The number of alkyl halides is 3. The predicted molar refractivity (Wildman–Crippen MR) is 112 cm³/mol. The monoisotopic (exact) mass is 434 g/mol. The molecular formula is C22H25F3N4O2. The number of halogens is 3. The Morgan fingerprint density at radius 3 is 2.58 bits per heavy atom. The molecule has 0 bridgehead atoms. The van der Waals surface area contributed by atoms with Crippen molar-refractivity contribution in [3.8, 4) is 5.75 Å². The number of ether oxygens (including phenoxy) is 1. The quantitative estimate of drug-likeness (QED) is 0.383. The van der Waals surface area contributed by atoms with Gasteiger partial charge < -0.3 is 21.1 Å². The van der Waals surface area contributed by atoms with Crippen molar-refractivity contribution < 1.29 is 22.7 Å². The van der Waals surface area contributed by atoms with E-state index in [1.807, 2.05) is 0 Å². The molecule has 1 saturated carbocycles. The number of hydrogen-bond acceptors (Lipinski definition) is 3. The van der Waals surface area contributed by atoms with Crippen molar-refractivity contribution in [1.29, 1.82) is 5.41 Å². The zero-order valence-corrected chi connectivity index (χ0v) is 17.1. The summed E-state index contributed by atoms with van der Waals surface area (Å²) in [5, 5.41) is 13.7. The van der Waals surface area contributed by atoms with Crippen LogP contribution in [-0.2, 0) is 12.7 Å². The SMILES string of the molecule is Cc1cc(CNC(=N)Nc2ccc(C(N)=O)cc2OCC2CCC2)cc(C(F)(F)F)c1. The Morgan fingerprint density at radius 2 is 1.97 bits per heavy atom. The fourth-order valence-corrected chi connectivity index (χ4v) is 3.26. The van der Waals surface area contributed by atoms with Crippen LogP contribution < -0.4 is 21.1 Å². The van der Waals surface area contributed by atoms with Gasteiger partial charge in [0.05, 0.1) is 17.9 Å². The molecule has 0 spiro atoms. The Kier molecular flexibility index (Phi) is 6.72. The van der Waals surface area contributed by atoms with E-state index in [2.05, 4.69) is 10.6 Å². The van der Waals surface area contributed by atoms with E-state index in [0.29, 0.717) is 35.1 Å². The van der Waals surface area contributed by atoms with E-state index < -0.39 is 17.6 Å². The van der Waals surface area contributed by atoms with Crippen molar-refractivity contribution in [1.82, 2.24) is 5.32 Å². The largest absolute Gasteiger partial charge is 0.491 e. The standard InChI is InChI=1S/C22H25F3N4O2/c1-13-7-15(9-17(8-13)22(23,24)25)11-28-21(27)29-18-6-5-16(20(26)30)10-19(18)31-12-14-3-2-4-14/h5-10,14H,2-4,11-12H2,1H3,(H2,26,30)(H3,27,28,29). The maximum absolute atomic E-state index is 13.0. The van der Waals surface area contributed by atoms with E-state index in [9.17, 15) is 18.0 Å². The highest BCUT2D eigenvalue weighted by Gasteiger charge is 2.30. The van der Waals surface area contributed by atoms with E-state index in [1.54, 1.807) is 19.1 Å². The molecule has 0 unspecified atom stereocenters. The van der Waals surface area contributed by atoms with Gasteiger partial charge in [0, 0.05) is 12.1 Å². The van der Waals surface area contributed by atoms with Gasteiger partial charge in [-0.05, 0) is 61.6 Å². The number of primary amides is 1. The van der Waals surface area contributed by atoms with Gasteiger partial charge in [0.2, 0.25) is 5.91 Å². The first-order valence-corrected chi connectivity index (χ1v) is 9.95. The molecule has 1 amide bonds. The van der Waals surface area contributed by atoms with Gasteiger partial charge in [-0.2, -0.15) is 13.2 Å². The van der Waals surface area contributed by atoms with Gasteiger partial charge in [-0.25, -0.2) is 0 Å². The molecule has 3 rings (SSSR count). The fourth-order valence-electron chi connectivity index (χ4n) is 3.26. The lowest BCUT2D eigenvalue weighted by molar-refractivity contribution is -0.137. The third-order valence-electron chi connectivity index (χ3n) is 5.16. The number of hydrogen-bond donors (Lipinski definition) is 4. The van der Waals surface area contributed by atoms with Crippen molar-refractivity contribution in [3.63, 3.8) is 0 Å². The number of amides is 1. The van der Waals surface area contributed by atoms with E-state index in [1.165, 1.54) is 18.6 Å². The van der Waals surface area contributed by atoms with E-state index in [0.717, 1.165) is 25.0 Å². The Labute approximate surface area is 178 Å². The molecule has 2 aromatic carbocycles. The summed E-state index contributed by atoms with van der Waals surface area (Å²) in [6.45, 7) is 2.13. The molecular weight excluding hydrogens is 409 g/mol. The lowest BCUT2D eigenvalue weighted by Gasteiger charge is -2.26. The Balaban J connectivity index is 1.67. The summed E-state index contributed by atoms with van der Waals surface area (Å²) in [7, 11) is 0. The normalized spacial score (nSPS) is 13.9. The van der Waals surface area contributed by atoms with Gasteiger partial charge >= 0.3 is 6.18 Å². The molecule has 1 aliphatic rings. The van der Waals surface area contributed by atoms with Crippen molar-refractivity contribution in [2.45, 2.75) is 38.9 Å². The van der Waals surface area contributed by atoms with Gasteiger partial charge in [0.15, 0.2) is 5.96 Å². The topological polar surface area (TPSA) is 100 Å². The molecule has 0 aromatic heterocycles. The molecule has 5 N–H and O–H groups in total. The lowest BCUT2D eigenvalue weighted by atomic mass is 9.86. The molecule has 1 fully saturated rings. The number of anilines is 1. The predicted octanol–water partition coefficient (Wildman–Crippen LogP) is 4.43. The first-order valence-electron chi connectivity index (χ1n) is 9.95. The number of nitrogens with one attached hydrogen (secondary N) is 3. The van der Waals surface area contributed by atoms with Crippen LogP contribution >= 0.6 is 0 Å². The molecule has 2 aromatic rings. The minimum absolute atomic E-state index is 0.0359. The third-order valence-corrected chi connectivity index (χ3v) is 5.16. The summed E-state index contributed by atoms with van der Waals surface area (Å²) in [5.41, 5.74) is 6.26. The number of nitrogens with two attached hydrogens (primary N) is 1. The van der Waals surface area contributed by atoms with Crippen LogP contribution in [0, 0.1) is 18.3 Å². The number of rotatable bonds is 7. The number of guanidine groups is 1. The van der Waals surface area contributed by atoms with Gasteiger partial charge in [-0.1, -0.05) is 18.1 Å². The lowest BCUT2D eigenvalue weighted by Crippen LogP contribution is -2.29. The second-order valence-electron chi connectivity index (χ2n) is 7.74. The highest BCUT2D eigenvalue weighted by Crippen LogP contribution is 2.32. The summed E-state index contributed by atoms with van der Waals surface area (Å²) in [6.07, 6.45) is -1.08. The minimum atomic E-state index is -4.43. The van der Waals surface area contributed by atoms with Crippen LogP contribution in [0.1, 0.15) is 46.3 Å². The number of carbonyl (C=O) groups is 1. The molecule has 6 nitrogen and oxygen atoms in total. The highest BCUT2D eigenvalue weighted by atomic mass is 19.4. The van der Waals surface area contributed by atoms with E-state index in [-0.39, 0.29) is 18.1 Å².